The number of halogens is 1. The van der Waals surface area contributed by atoms with Crippen molar-refractivity contribution in [3.63, 3.8) is 0 Å². The molecule has 1 amide bonds. The van der Waals surface area contributed by atoms with E-state index in [-0.39, 0.29) is 54.5 Å². The Morgan fingerprint density at radius 1 is 1.00 bits per heavy atom. The second kappa shape index (κ2) is 9.86. The van der Waals surface area contributed by atoms with Crippen molar-refractivity contribution in [2.24, 2.45) is 4.99 Å². The lowest BCUT2D eigenvalue weighted by molar-refractivity contribution is -0.153. The third-order valence-electron chi connectivity index (χ3n) is 1.97. The minimum Gasteiger partial charge on any atom is -0.459 e. The number of hydrogen-bond acceptors (Lipinski definition) is 4. The van der Waals surface area contributed by atoms with Gasteiger partial charge in [-0.05, 0) is 41.5 Å². The lowest BCUT2D eigenvalue weighted by Gasteiger charge is -2.21. The first-order valence-corrected chi connectivity index (χ1v) is 6.90. The van der Waals surface area contributed by atoms with E-state index in [0.29, 0.717) is 5.96 Å². The van der Waals surface area contributed by atoms with Crippen molar-refractivity contribution >= 4 is 41.8 Å². The molecule has 0 fully saturated rings. The Morgan fingerprint density at radius 3 is 1.91 bits per heavy atom. The number of nitrogens with one attached hydrogen (secondary N) is 3. The fraction of sp³-hybridized carbons (Fsp3) is 0.786. The standard InChI is InChI=1S/C14H28N4O3.HI/c1-13(2,3)18-10(19)8-16-12(15-7)17-9-11(20)21-14(4,5)6;/h8-9H2,1-7H3,(H,18,19)(H2,15,16,17);1H. The summed E-state index contributed by atoms with van der Waals surface area (Å²) in [6, 6.07) is 0. The molecule has 3 N–H and O–H groups in total. The highest BCUT2D eigenvalue weighted by Crippen LogP contribution is 2.06. The van der Waals surface area contributed by atoms with Gasteiger partial charge in [0.15, 0.2) is 5.96 Å². The van der Waals surface area contributed by atoms with Crippen LogP contribution in [0.4, 0.5) is 0 Å². The third-order valence-corrected chi connectivity index (χ3v) is 1.97. The van der Waals surface area contributed by atoms with Gasteiger partial charge in [-0.1, -0.05) is 0 Å². The van der Waals surface area contributed by atoms with Crippen LogP contribution in [0, 0.1) is 0 Å². The highest BCUT2D eigenvalue weighted by Gasteiger charge is 2.17. The van der Waals surface area contributed by atoms with Crippen LogP contribution >= 0.6 is 24.0 Å². The molecular weight excluding hydrogens is 399 g/mol. The Balaban J connectivity index is 0. The Bertz CT molecular complexity index is 364. The average Bonchev–Trinajstić information content (AvgIpc) is 2.24. The molecule has 8 heteroatoms. The third kappa shape index (κ3) is 13.9. The normalized spacial score (nSPS) is 12.0. The number of carbonyl (C=O) groups is 2. The van der Waals surface area contributed by atoms with Gasteiger partial charge < -0.3 is 20.7 Å². The van der Waals surface area contributed by atoms with Crippen molar-refractivity contribution in [2.75, 3.05) is 20.1 Å². The van der Waals surface area contributed by atoms with Gasteiger partial charge in [0.1, 0.15) is 12.1 Å². The Hall–Kier alpha value is -1.06. The van der Waals surface area contributed by atoms with E-state index in [2.05, 4.69) is 20.9 Å². The van der Waals surface area contributed by atoms with Crippen LogP contribution in [0.3, 0.4) is 0 Å². The highest BCUT2D eigenvalue weighted by atomic mass is 127. The molecule has 0 heterocycles. The van der Waals surface area contributed by atoms with Crippen molar-refractivity contribution in [1.82, 2.24) is 16.0 Å². The Morgan fingerprint density at radius 2 is 1.50 bits per heavy atom. The first-order chi connectivity index (χ1) is 9.43. The van der Waals surface area contributed by atoms with E-state index in [1.165, 1.54) is 0 Å². The van der Waals surface area contributed by atoms with E-state index >= 15 is 0 Å². The van der Waals surface area contributed by atoms with Crippen molar-refractivity contribution in [3.8, 4) is 0 Å². The summed E-state index contributed by atoms with van der Waals surface area (Å²) >= 11 is 0. The van der Waals surface area contributed by atoms with E-state index in [4.69, 9.17) is 4.74 Å². The maximum absolute atomic E-state index is 11.7. The molecule has 0 atom stereocenters. The van der Waals surface area contributed by atoms with E-state index in [9.17, 15) is 9.59 Å². The van der Waals surface area contributed by atoms with Crippen LogP contribution < -0.4 is 16.0 Å². The molecule has 0 saturated heterocycles. The predicted octanol–water partition coefficient (Wildman–Crippen LogP) is 1.03. The number of guanidine groups is 1. The van der Waals surface area contributed by atoms with Gasteiger partial charge in [-0.2, -0.15) is 0 Å². The molecular formula is C14H29IN4O3. The number of hydrogen-bond donors (Lipinski definition) is 3. The summed E-state index contributed by atoms with van der Waals surface area (Å²) in [5.41, 5.74) is -0.811. The maximum atomic E-state index is 11.7. The van der Waals surface area contributed by atoms with Gasteiger partial charge in [0.25, 0.3) is 0 Å². The van der Waals surface area contributed by atoms with Gasteiger partial charge in [0.2, 0.25) is 5.91 Å². The zero-order valence-electron chi connectivity index (χ0n) is 14.5. The second-order valence-corrected chi connectivity index (χ2v) is 6.66. The van der Waals surface area contributed by atoms with E-state index in [1.807, 2.05) is 20.8 Å². The molecule has 22 heavy (non-hydrogen) atoms. The lowest BCUT2D eigenvalue weighted by atomic mass is 10.1. The van der Waals surface area contributed by atoms with Crippen LogP contribution in [0.1, 0.15) is 41.5 Å². The first-order valence-electron chi connectivity index (χ1n) is 6.90. The number of carbonyl (C=O) groups excluding carboxylic acids is 2. The molecule has 0 aromatic rings. The SMILES string of the molecule is CN=C(NCC(=O)NC(C)(C)C)NCC(=O)OC(C)(C)C.I. The van der Waals surface area contributed by atoms with Gasteiger partial charge in [0, 0.05) is 12.6 Å². The zero-order valence-corrected chi connectivity index (χ0v) is 16.8. The summed E-state index contributed by atoms with van der Waals surface area (Å²) in [5, 5.41) is 8.44. The summed E-state index contributed by atoms with van der Waals surface area (Å²) in [6.07, 6.45) is 0. The van der Waals surface area contributed by atoms with Crippen LogP contribution in [-0.2, 0) is 14.3 Å². The van der Waals surface area contributed by atoms with Crippen molar-refractivity contribution in [3.05, 3.63) is 0 Å². The number of esters is 1. The summed E-state index contributed by atoms with van der Waals surface area (Å²) in [5.74, 6) is -0.169. The summed E-state index contributed by atoms with van der Waals surface area (Å²) in [6.45, 7) is 11.2. The van der Waals surface area contributed by atoms with Gasteiger partial charge in [-0.15, -0.1) is 24.0 Å². The molecule has 0 aliphatic rings. The molecule has 0 aliphatic carbocycles. The predicted molar refractivity (Wildman–Crippen MR) is 98.5 cm³/mol. The summed E-state index contributed by atoms with van der Waals surface area (Å²) < 4.78 is 5.16. The monoisotopic (exact) mass is 428 g/mol. The number of aliphatic imine (C=N–C) groups is 1. The van der Waals surface area contributed by atoms with Crippen LogP contribution in [0.25, 0.3) is 0 Å². The fourth-order valence-electron chi connectivity index (χ4n) is 1.38. The first kappa shape index (κ1) is 23.2. The molecule has 0 aliphatic heterocycles. The second-order valence-electron chi connectivity index (χ2n) is 6.66. The molecule has 0 unspecified atom stereocenters. The molecule has 0 saturated carbocycles. The molecule has 0 spiro atoms. The molecule has 0 aromatic carbocycles. The largest absolute Gasteiger partial charge is 0.459 e. The highest BCUT2D eigenvalue weighted by molar-refractivity contribution is 14.0. The number of nitrogens with zero attached hydrogens (tertiary/aromatic N) is 1. The topological polar surface area (TPSA) is 91.8 Å². The maximum Gasteiger partial charge on any atom is 0.325 e. The minimum absolute atomic E-state index is 0. The van der Waals surface area contributed by atoms with Gasteiger partial charge in [-0.3, -0.25) is 14.6 Å². The molecule has 0 aromatic heterocycles. The van der Waals surface area contributed by atoms with Crippen molar-refractivity contribution in [1.29, 1.82) is 0 Å². The average molecular weight is 428 g/mol. The number of rotatable bonds is 4. The van der Waals surface area contributed by atoms with Crippen LogP contribution in [0.2, 0.25) is 0 Å². The smallest absolute Gasteiger partial charge is 0.325 e. The van der Waals surface area contributed by atoms with Gasteiger partial charge in [0.05, 0.1) is 6.54 Å². The Kier molecular flexibility index (Phi) is 10.4. The molecule has 0 bridgehead atoms. The molecule has 0 rings (SSSR count). The summed E-state index contributed by atoms with van der Waals surface area (Å²) in [7, 11) is 1.56. The van der Waals surface area contributed by atoms with E-state index in [1.54, 1.807) is 27.8 Å². The molecule has 7 nitrogen and oxygen atoms in total. The van der Waals surface area contributed by atoms with Gasteiger partial charge in [-0.25, -0.2) is 0 Å². The zero-order chi connectivity index (χ0) is 16.7. The molecule has 130 valence electrons. The van der Waals surface area contributed by atoms with Crippen LogP contribution in [0.5, 0.6) is 0 Å². The van der Waals surface area contributed by atoms with Gasteiger partial charge >= 0.3 is 5.97 Å². The number of ether oxygens (including phenoxy) is 1. The van der Waals surface area contributed by atoms with Crippen molar-refractivity contribution in [2.45, 2.75) is 52.7 Å². The van der Waals surface area contributed by atoms with E-state index in [0.717, 1.165) is 0 Å². The minimum atomic E-state index is -0.525. The van der Waals surface area contributed by atoms with E-state index < -0.39 is 5.60 Å². The quantitative estimate of drug-likeness (QED) is 0.269. The lowest BCUT2D eigenvalue weighted by Crippen LogP contribution is -2.49. The van der Waals surface area contributed by atoms with Crippen LogP contribution in [0.15, 0.2) is 4.99 Å². The van der Waals surface area contributed by atoms with Crippen LogP contribution in [-0.4, -0.2) is 49.1 Å². The van der Waals surface area contributed by atoms with Crippen molar-refractivity contribution < 1.29 is 14.3 Å². The summed E-state index contributed by atoms with van der Waals surface area (Å²) in [4.78, 5) is 27.1. The fourth-order valence-corrected chi connectivity index (χ4v) is 1.38. The Labute approximate surface area is 150 Å². The number of amides is 1. The molecule has 0 radical (unpaired) electrons.